The Morgan fingerprint density at radius 2 is 2.44 bits per heavy atom. The van der Waals surface area contributed by atoms with E-state index in [2.05, 4.69) is 17.1 Å². The first-order chi connectivity index (χ1) is 7.69. The van der Waals surface area contributed by atoms with Crippen molar-refractivity contribution in [2.24, 2.45) is 11.7 Å². The second-order valence-electron chi connectivity index (χ2n) is 4.79. The molecule has 2 fully saturated rings. The third-order valence-electron chi connectivity index (χ3n) is 3.61. The number of amides is 1. The van der Waals surface area contributed by atoms with Crippen molar-refractivity contribution < 1.29 is 9.53 Å². The lowest BCUT2D eigenvalue weighted by atomic mass is 9.90. The molecule has 3 N–H and O–H groups in total. The van der Waals surface area contributed by atoms with Crippen molar-refractivity contribution in [2.45, 2.75) is 31.9 Å². The number of piperidine rings is 1. The summed E-state index contributed by atoms with van der Waals surface area (Å²) in [4.78, 5) is 13.3. The average Bonchev–Trinajstić information content (AvgIpc) is 2.67. The van der Waals surface area contributed by atoms with E-state index in [1.165, 1.54) is 0 Å². The summed E-state index contributed by atoms with van der Waals surface area (Å²) in [6.45, 7) is 5.71. The van der Waals surface area contributed by atoms with Crippen LogP contribution in [0.4, 0.5) is 4.79 Å². The van der Waals surface area contributed by atoms with E-state index >= 15 is 0 Å². The molecule has 0 spiro atoms. The lowest BCUT2D eigenvalue weighted by Gasteiger charge is -2.37. The molecule has 0 saturated carbocycles. The van der Waals surface area contributed by atoms with Crippen LogP contribution in [0.15, 0.2) is 0 Å². The molecule has 5 heteroatoms. The highest BCUT2D eigenvalue weighted by Gasteiger charge is 2.29. The number of rotatable bonds is 3. The van der Waals surface area contributed by atoms with Gasteiger partial charge >= 0.3 is 6.09 Å². The van der Waals surface area contributed by atoms with Gasteiger partial charge in [0.05, 0.1) is 6.54 Å². The molecule has 3 unspecified atom stereocenters. The van der Waals surface area contributed by atoms with E-state index < -0.39 is 0 Å². The summed E-state index contributed by atoms with van der Waals surface area (Å²) in [5.41, 5.74) is 6.06. The second-order valence-corrected chi connectivity index (χ2v) is 4.79. The predicted molar refractivity (Wildman–Crippen MR) is 61.1 cm³/mol. The zero-order valence-electron chi connectivity index (χ0n) is 9.82. The molecule has 3 atom stereocenters. The number of ether oxygens (including phenoxy) is 1. The molecule has 2 rings (SSSR count). The topological polar surface area (TPSA) is 67.6 Å². The van der Waals surface area contributed by atoms with Gasteiger partial charge in [0.15, 0.2) is 0 Å². The van der Waals surface area contributed by atoms with Crippen molar-refractivity contribution in [3.8, 4) is 0 Å². The highest BCUT2D eigenvalue weighted by Crippen LogP contribution is 2.19. The van der Waals surface area contributed by atoms with Crippen LogP contribution in [-0.2, 0) is 4.74 Å². The monoisotopic (exact) mass is 227 g/mol. The van der Waals surface area contributed by atoms with Gasteiger partial charge in [-0.05, 0) is 18.9 Å². The number of carbonyl (C=O) groups excluding carboxylic acids is 1. The summed E-state index contributed by atoms with van der Waals surface area (Å²) in [7, 11) is 0. The van der Waals surface area contributed by atoms with Crippen LogP contribution in [0, 0.1) is 5.92 Å². The molecule has 0 aromatic rings. The van der Waals surface area contributed by atoms with Crippen molar-refractivity contribution in [1.29, 1.82) is 0 Å². The van der Waals surface area contributed by atoms with E-state index in [9.17, 15) is 4.79 Å². The van der Waals surface area contributed by atoms with Gasteiger partial charge < -0.3 is 15.8 Å². The number of likely N-dealkylation sites (tertiary alicyclic amines) is 1. The van der Waals surface area contributed by atoms with Crippen LogP contribution in [0.1, 0.15) is 19.8 Å². The second kappa shape index (κ2) is 5.01. The smallest absolute Gasteiger partial charge is 0.407 e. The molecular weight excluding hydrogens is 206 g/mol. The Balaban J connectivity index is 1.80. The van der Waals surface area contributed by atoms with Gasteiger partial charge in [-0.3, -0.25) is 4.90 Å². The van der Waals surface area contributed by atoms with Gasteiger partial charge in [-0.1, -0.05) is 13.3 Å². The molecule has 2 aliphatic rings. The Morgan fingerprint density at radius 3 is 3.06 bits per heavy atom. The standard InChI is InChI=1S/C11H21N3O2/c1-2-8-6-14(4-3-10(8)12)7-9-5-13-11(15)16-9/h8-10H,2-7,12H2,1H3,(H,13,15). The molecular formula is C11H21N3O2. The number of nitrogens with two attached hydrogens (primary N) is 1. The Kier molecular flexibility index (Phi) is 3.66. The van der Waals surface area contributed by atoms with Crippen molar-refractivity contribution >= 4 is 6.09 Å². The van der Waals surface area contributed by atoms with Crippen LogP contribution in [-0.4, -0.2) is 49.3 Å². The Labute approximate surface area is 96.3 Å². The maximum atomic E-state index is 10.9. The summed E-state index contributed by atoms with van der Waals surface area (Å²) in [6, 6.07) is 0.338. The number of hydrogen-bond acceptors (Lipinski definition) is 4. The van der Waals surface area contributed by atoms with Crippen LogP contribution in [0.5, 0.6) is 0 Å². The normalized spacial score (nSPS) is 35.9. The first kappa shape index (κ1) is 11.7. The minimum Gasteiger partial charge on any atom is -0.443 e. The van der Waals surface area contributed by atoms with Crippen molar-refractivity contribution in [3.63, 3.8) is 0 Å². The highest BCUT2D eigenvalue weighted by atomic mass is 16.6. The van der Waals surface area contributed by atoms with E-state index in [0.717, 1.165) is 32.5 Å². The third-order valence-corrected chi connectivity index (χ3v) is 3.61. The van der Waals surface area contributed by atoms with Gasteiger partial charge in [0.2, 0.25) is 0 Å². The molecule has 2 saturated heterocycles. The quantitative estimate of drug-likeness (QED) is 0.720. The summed E-state index contributed by atoms with van der Waals surface area (Å²) in [5, 5.41) is 2.68. The maximum absolute atomic E-state index is 10.9. The van der Waals surface area contributed by atoms with E-state index in [1.807, 2.05) is 0 Å². The van der Waals surface area contributed by atoms with Gasteiger partial charge in [0, 0.05) is 19.1 Å². The van der Waals surface area contributed by atoms with Crippen molar-refractivity contribution in [1.82, 2.24) is 10.2 Å². The van der Waals surface area contributed by atoms with Crippen LogP contribution in [0.25, 0.3) is 0 Å². The molecule has 0 bridgehead atoms. The van der Waals surface area contributed by atoms with Crippen LogP contribution >= 0.6 is 0 Å². The number of hydrogen-bond donors (Lipinski definition) is 2. The third kappa shape index (κ3) is 2.65. The predicted octanol–water partition coefficient (Wildman–Crippen LogP) is 0.154. The molecule has 1 amide bonds. The molecule has 0 aromatic carbocycles. The fourth-order valence-corrected chi connectivity index (χ4v) is 2.55. The maximum Gasteiger partial charge on any atom is 0.407 e. The minimum atomic E-state index is -0.286. The first-order valence-electron chi connectivity index (χ1n) is 6.11. The summed E-state index contributed by atoms with van der Waals surface area (Å²) < 4.78 is 5.14. The number of nitrogens with zero attached hydrogens (tertiary/aromatic N) is 1. The fourth-order valence-electron chi connectivity index (χ4n) is 2.55. The average molecular weight is 227 g/mol. The Hall–Kier alpha value is -0.810. The van der Waals surface area contributed by atoms with Crippen LogP contribution in [0.2, 0.25) is 0 Å². The van der Waals surface area contributed by atoms with E-state index in [0.29, 0.717) is 18.5 Å². The lowest BCUT2D eigenvalue weighted by molar-refractivity contribution is 0.0806. The molecule has 0 radical (unpaired) electrons. The van der Waals surface area contributed by atoms with Gasteiger partial charge in [0.25, 0.3) is 0 Å². The zero-order valence-corrected chi connectivity index (χ0v) is 9.82. The summed E-state index contributed by atoms with van der Waals surface area (Å²) in [6.07, 6.45) is 1.90. The van der Waals surface area contributed by atoms with Gasteiger partial charge in [-0.15, -0.1) is 0 Å². The van der Waals surface area contributed by atoms with Gasteiger partial charge in [0.1, 0.15) is 6.10 Å². The van der Waals surface area contributed by atoms with Crippen LogP contribution < -0.4 is 11.1 Å². The molecule has 0 aliphatic carbocycles. The van der Waals surface area contributed by atoms with E-state index in [1.54, 1.807) is 0 Å². The van der Waals surface area contributed by atoms with E-state index in [-0.39, 0.29) is 12.2 Å². The molecule has 2 heterocycles. The lowest BCUT2D eigenvalue weighted by Crippen LogP contribution is -2.49. The SMILES string of the molecule is CCC1CN(CC2CNC(=O)O2)CCC1N. The number of cyclic esters (lactones) is 1. The number of nitrogens with one attached hydrogen (secondary N) is 1. The molecule has 92 valence electrons. The van der Waals surface area contributed by atoms with E-state index in [4.69, 9.17) is 10.5 Å². The molecule has 0 aromatic heterocycles. The fraction of sp³-hybridized carbons (Fsp3) is 0.909. The van der Waals surface area contributed by atoms with Gasteiger partial charge in [-0.25, -0.2) is 4.79 Å². The number of carbonyl (C=O) groups is 1. The minimum absolute atomic E-state index is 0.0133. The summed E-state index contributed by atoms with van der Waals surface area (Å²) >= 11 is 0. The summed E-state index contributed by atoms with van der Waals surface area (Å²) in [5.74, 6) is 0.582. The Bertz CT molecular complexity index is 260. The molecule has 16 heavy (non-hydrogen) atoms. The highest BCUT2D eigenvalue weighted by molar-refractivity contribution is 5.69. The largest absolute Gasteiger partial charge is 0.443 e. The first-order valence-corrected chi connectivity index (χ1v) is 6.11. The Morgan fingerprint density at radius 1 is 1.62 bits per heavy atom. The van der Waals surface area contributed by atoms with Crippen LogP contribution in [0.3, 0.4) is 0 Å². The number of alkyl carbamates (subject to hydrolysis) is 1. The molecule has 2 aliphatic heterocycles. The van der Waals surface area contributed by atoms with Gasteiger partial charge in [-0.2, -0.15) is 0 Å². The zero-order chi connectivity index (χ0) is 11.5. The molecule has 5 nitrogen and oxygen atoms in total. The van der Waals surface area contributed by atoms with Crippen molar-refractivity contribution in [3.05, 3.63) is 0 Å². The van der Waals surface area contributed by atoms with Crippen molar-refractivity contribution in [2.75, 3.05) is 26.2 Å².